The zero-order valence-electron chi connectivity index (χ0n) is 50.1. The summed E-state index contributed by atoms with van der Waals surface area (Å²) in [5, 5.41) is 2.79. The third-order valence-corrected chi connectivity index (χ3v) is 15.3. The number of ketones is 1. The first-order valence-electron chi connectivity index (χ1n) is 28.4. The second-order valence-corrected chi connectivity index (χ2v) is 23.1. The van der Waals surface area contributed by atoms with Crippen LogP contribution in [0.1, 0.15) is 115 Å². The van der Waals surface area contributed by atoms with E-state index in [-0.39, 0.29) is 69.1 Å². The minimum absolute atomic E-state index is 0.0436. The fourth-order valence-corrected chi connectivity index (χ4v) is 10.1. The number of carbonyl (C=O) groups excluding carboxylic acids is 9. The number of nitrogens with one attached hydrogen (secondary N) is 1. The molecular weight excluding hydrogens is 1090 g/mol. The summed E-state index contributed by atoms with van der Waals surface area (Å²) in [5.41, 5.74) is -1.04. The van der Waals surface area contributed by atoms with Crippen LogP contribution >= 0.6 is 0 Å². The molecule has 3 aromatic carbocycles. The largest absolute Gasteiger partial charge is 0.493 e. The van der Waals surface area contributed by atoms with Gasteiger partial charge in [0, 0.05) is 52.9 Å². The van der Waals surface area contributed by atoms with Crippen molar-refractivity contribution in [3.05, 3.63) is 101 Å². The van der Waals surface area contributed by atoms with Crippen LogP contribution in [0.25, 0.3) is 0 Å². The maximum absolute atomic E-state index is 15.8. The van der Waals surface area contributed by atoms with Gasteiger partial charge in [-0.1, -0.05) is 42.5 Å². The molecule has 2 saturated heterocycles. The third kappa shape index (κ3) is 16.9. The van der Waals surface area contributed by atoms with Gasteiger partial charge in [0.1, 0.15) is 54.5 Å². The highest BCUT2D eigenvalue weighted by Crippen LogP contribution is 2.34. The number of likely N-dealkylation sites (N-methyl/N-ethyl adjacent to an activating group) is 3. The molecule has 6 atom stereocenters. The normalized spacial score (nSPS) is 24.0. The predicted octanol–water partition coefficient (Wildman–Crippen LogP) is 5.71. The summed E-state index contributed by atoms with van der Waals surface area (Å²) >= 11 is 0. The zero-order chi connectivity index (χ0) is 61.6. The molecule has 3 aromatic rings. The maximum atomic E-state index is 15.8. The number of methoxy groups -OCH3 is 2. The number of cyclic esters (lactones) is 2. The second kappa shape index (κ2) is 29.1. The molecule has 456 valence electrons. The number of ether oxygens (including phenoxy) is 6. The summed E-state index contributed by atoms with van der Waals surface area (Å²) in [7, 11) is 7.34. The Hall–Kier alpha value is -7.88. The van der Waals surface area contributed by atoms with Crippen molar-refractivity contribution in [1.29, 1.82) is 0 Å². The molecule has 0 radical (unpaired) electrons. The summed E-state index contributed by atoms with van der Waals surface area (Å²) in [6, 6.07) is 11.2. The van der Waals surface area contributed by atoms with E-state index in [2.05, 4.69) is 5.32 Å². The summed E-state index contributed by atoms with van der Waals surface area (Å²) in [6.07, 6.45) is 3.98. The Kier molecular flexibility index (Phi) is 22.6. The van der Waals surface area contributed by atoms with Crippen LogP contribution < -0.4 is 19.5 Å². The van der Waals surface area contributed by atoms with Crippen LogP contribution in [0, 0.1) is 11.2 Å². The molecule has 2 bridgehead atoms. The van der Waals surface area contributed by atoms with E-state index < -0.39 is 114 Å². The van der Waals surface area contributed by atoms with E-state index in [9.17, 15) is 43.2 Å². The lowest BCUT2D eigenvalue weighted by Crippen LogP contribution is -2.58. The summed E-state index contributed by atoms with van der Waals surface area (Å²) in [6.45, 7) is 8.67. The molecule has 0 aliphatic carbocycles. The van der Waals surface area contributed by atoms with Gasteiger partial charge in [0.25, 0.3) is 11.8 Å². The summed E-state index contributed by atoms with van der Waals surface area (Å²) < 4.78 is 50.4. The molecule has 22 heteroatoms. The highest BCUT2D eigenvalue weighted by Gasteiger charge is 2.45. The Morgan fingerprint density at radius 2 is 1.43 bits per heavy atom. The topological polar surface area (TPSA) is 237 Å². The molecule has 6 rings (SSSR count). The van der Waals surface area contributed by atoms with Crippen LogP contribution in [-0.2, 0) is 63.8 Å². The maximum Gasteiger partial charge on any atom is 0.330 e. The van der Waals surface area contributed by atoms with Crippen LogP contribution in [0.15, 0.2) is 78.9 Å². The van der Waals surface area contributed by atoms with E-state index in [1.807, 2.05) is 0 Å². The number of piperidine rings is 1. The Bertz CT molecular complexity index is 2910. The first-order valence-corrected chi connectivity index (χ1v) is 28.4. The fraction of sp³-hybridized carbons (Fsp3) is 0.532. The van der Waals surface area contributed by atoms with E-state index in [4.69, 9.17) is 28.4 Å². The molecule has 6 amide bonds. The van der Waals surface area contributed by atoms with Crippen molar-refractivity contribution in [3.63, 3.8) is 0 Å². The minimum atomic E-state index is -1.54. The molecule has 0 unspecified atom stereocenters. The number of hydrogen-bond acceptors (Lipinski definition) is 15. The Morgan fingerprint density at radius 3 is 2.12 bits per heavy atom. The van der Waals surface area contributed by atoms with Crippen LogP contribution in [0.4, 0.5) is 4.39 Å². The van der Waals surface area contributed by atoms with Crippen molar-refractivity contribution in [1.82, 2.24) is 29.8 Å². The van der Waals surface area contributed by atoms with E-state index >= 15 is 4.39 Å². The van der Waals surface area contributed by atoms with Crippen molar-refractivity contribution in [2.45, 2.75) is 135 Å². The average molecular weight is 1170 g/mol. The van der Waals surface area contributed by atoms with Crippen molar-refractivity contribution in [3.8, 4) is 17.2 Å². The van der Waals surface area contributed by atoms with Gasteiger partial charge >= 0.3 is 11.9 Å². The van der Waals surface area contributed by atoms with Gasteiger partial charge in [-0.15, -0.1) is 0 Å². The average Bonchev–Trinajstić information content (AvgIpc) is 3.27. The quantitative estimate of drug-likeness (QED) is 0.210. The molecule has 3 aliphatic rings. The zero-order valence-corrected chi connectivity index (χ0v) is 50.1. The summed E-state index contributed by atoms with van der Waals surface area (Å²) in [4.78, 5) is 134. The Labute approximate surface area is 491 Å². The number of esters is 2. The number of halogens is 1. The molecule has 84 heavy (non-hydrogen) atoms. The Balaban J connectivity index is 1.34. The number of hydrogen-bond donors (Lipinski definition) is 1. The number of aryl methyl sites for hydroxylation is 1. The van der Waals surface area contributed by atoms with Gasteiger partial charge in [-0.25, -0.2) is 14.0 Å². The molecule has 0 aromatic heterocycles. The summed E-state index contributed by atoms with van der Waals surface area (Å²) in [5.74, 6) is -6.62. The van der Waals surface area contributed by atoms with Crippen LogP contribution in [0.2, 0.25) is 0 Å². The monoisotopic (exact) mass is 1170 g/mol. The van der Waals surface area contributed by atoms with Gasteiger partial charge in [-0.2, -0.15) is 0 Å². The van der Waals surface area contributed by atoms with Crippen molar-refractivity contribution < 1.29 is 76.0 Å². The smallest absolute Gasteiger partial charge is 0.330 e. The molecule has 3 heterocycles. The van der Waals surface area contributed by atoms with Crippen LogP contribution in [0.5, 0.6) is 17.2 Å². The molecule has 0 spiro atoms. The van der Waals surface area contributed by atoms with Crippen molar-refractivity contribution >= 4 is 53.2 Å². The molecule has 21 nitrogen and oxygen atoms in total. The van der Waals surface area contributed by atoms with E-state index in [0.717, 1.165) is 33.6 Å². The lowest BCUT2D eigenvalue weighted by atomic mass is 9.87. The van der Waals surface area contributed by atoms with Crippen LogP contribution in [0.3, 0.4) is 0 Å². The second-order valence-electron chi connectivity index (χ2n) is 23.1. The number of rotatable bonds is 8. The first kappa shape index (κ1) is 65.3. The first-order chi connectivity index (χ1) is 39.7. The molecule has 3 aliphatic heterocycles. The lowest BCUT2D eigenvalue weighted by molar-refractivity contribution is -0.165. The number of Topliss-reactive ketones (excluding diaryl/α,β-unsaturated/α-hetero) is 1. The van der Waals surface area contributed by atoms with Crippen LogP contribution in [-0.4, -0.2) is 182 Å². The Morgan fingerprint density at radius 1 is 0.738 bits per heavy atom. The standard InChI is InChI=1S/C62H81FN6O15/c1-39-55(73)64-53(41-20-13-12-14-21-41)58(76)67(9)47(36-83-61(2,3)4)57(75)68-31-19-23-45(68)56(74)65(7)29-17-16-24-52(71)82-38-62(5,6)54(72)59(77)69-30-18-15-22-46(69)60(78)84-48(27-25-40-26-28-49(79-10)50(32-40)80-11)42-33-43(63)35-44(34-42)81-37-51(70)66(39)8/h12-14,16,20-21,24,26,28,32-35,39,45-48,53H,15,17-19,22-23,25,27,29-31,36-38H2,1-11H3,(H,64,73)/b24-16+/t39-,45-,46-,47-,48+,53+/m0/s1. The number of amides is 6. The predicted molar refractivity (Wildman–Crippen MR) is 306 cm³/mol. The number of benzene rings is 3. The fourth-order valence-electron chi connectivity index (χ4n) is 10.1. The highest BCUT2D eigenvalue weighted by atomic mass is 19.1. The van der Waals surface area contributed by atoms with E-state index in [1.54, 1.807) is 76.3 Å². The molecule has 1 N–H and O–H groups in total. The van der Waals surface area contributed by atoms with Gasteiger partial charge in [-0.05, 0) is 134 Å². The SMILES string of the molecule is COc1ccc(CC[C@H]2OC(=O)[C@@H]3CCCCN3C(=O)C(=O)C(C)(C)COC(=O)/C=C/CCN(C)C(=O)[C@@H]3CCCN3C(=O)[C@H](COC(C)(C)C)N(C)C(=O)[C@@H](c3ccccc3)NC(=O)[C@H](C)N(C)C(=O)COc3cc(F)cc2c3)cc1OC. The number of fused-ring (bicyclic) bond motifs is 4. The number of carbonyl (C=O) groups is 9. The van der Waals surface area contributed by atoms with E-state index in [0.29, 0.717) is 42.7 Å². The van der Waals surface area contributed by atoms with Gasteiger partial charge in [0.15, 0.2) is 18.1 Å². The highest BCUT2D eigenvalue weighted by molar-refractivity contribution is 6.38. The van der Waals surface area contributed by atoms with Gasteiger partial charge in [0.2, 0.25) is 29.4 Å². The minimum Gasteiger partial charge on any atom is -0.493 e. The lowest BCUT2D eigenvalue weighted by Gasteiger charge is -2.37. The third-order valence-electron chi connectivity index (χ3n) is 15.3. The van der Waals surface area contributed by atoms with Gasteiger partial charge in [0.05, 0.1) is 31.8 Å². The molecule has 2 fully saturated rings. The van der Waals surface area contributed by atoms with Gasteiger partial charge < -0.3 is 58.2 Å². The van der Waals surface area contributed by atoms with Gasteiger partial charge in [-0.3, -0.25) is 33.6 Å². The van der Waals surface area contributed by atoms with E-state index in [1.165, 1.54) is 75.9 Å². The number of nitrogens with zero attached hydrogens (tertiary/aromatic N) is 5. The molecular formula is C62H81FN6O15. The molecule has 0 saturated carbocycles. The van der Waals surface area contributed by atoms with Crippen molar-refractivity contribution in [2.24, 2.45) is 5.41 Å². The van der Waals surface area contributed by atoms with Crippen molar-refractivity contribution in [2.75, 3.05) is 74.8 Å².